The fourth-order valence-corrected chi connectivity index (χ4v) is 1.17. The molecule has 6 heteroatoms. The van der Waals surface area contributed by atoms with E-state index in [9.17, 15) is 0 Å². The quantitative estimate of drug-likeness (QED) is 0.784. The second-order valence-corrected chi connectivity index (χ2v) is 3.40. The number of nitrogens with one attached hydrogen (secondary N) is 1. The summed E-state index contributed by atoms with van der Waals surface area (Å²) in [4.78, 5) is 7.82. The number of aromatic nitrogens is 2. The van der Waals surface area contributed by atoms with Crippen molar-refractivity contribution in [3.8, 4) is 5.88 Å². The maximum Gasteiger partial charge on any atom is 0.222 e. The third kappa shape index (κ3) is 3.38. The first-order valence-electron chi connectivity index (χ1n) is 4.32. The molecule has 0 unspecified atom stereocenters. The predicted molar refractivity (Wildman–Crippen MR) is 59.7 cm³/mol. The van der Waals surface area contributed by atoms with Gasteiger partial charge in [0.25, 0.3) is 0 Å². The van der Waals surface area contributed by atoms with Crippen molar-refractivity contribution in [3.05, 3.63) is 23.5 Å². The first-order valence-corrected chi connectivity index (χ1v) is 4.70. The molecule has 3 N–H and O–H groups in total. The van der Waals surface area contributed by atoms with Crippen LogP contribution in [0.15, 0.2) is 17.9 Å². The Morgan fingerprint density at radius 1 is 1.67 bits per heavy atom. The number of ether oxygens (including phenoxy) is 1. The van der Waals surface area contributed by atoms with Gasteiger partial charge in [-0.2, -0.15) is 0 Å². The van der Waals surface area contributed by atoms with Crippen LogP contribution in [0.25, 0.3) is 0 Å². The van der Waals surface area contributed by atoms with Crippen LogP contribution in [0.2, 0.25) is 0 Å². The zero-order chi connectivity index (χ0) is 11.3. The Kier molecular flexibility index (Phi) is 4.33. The molecule has 0 saturated carbocycles. The van der Waals surface area contributed by atoms with Gasteiger partial charge < -0.3 is 15.8 Å². The summed E-state index contributed by atoms with van der Waals surface area (Å²) in [5.74, 6) is 0.865. The Morgan fingerprint density at radius 3 is 3.00 bits per heavy atom. The Labute approximate surface area is 93.3 Å². The molecule has 1 rings (SSSR count). The second-order valence-electron chi connectivity index (χ2n) is 2.87. The number of hydrogen-bond donors (Lipinski definition) is 2. The van der Waals surface area contributed by atoms with Crippen LogP contribution in [0.3, 0.4) is 0 Å². The van der Waals surface area contributed by atoms with E-state index in [2.05, 4.69) is 21.9 Å². The van der Waals surface area contributed by atoms with Crippen molar-refractivity contribution in [2.75, 3.05) is 19.4 Å². The van der Waals surface area contributed by atoms with E-state index < -0.39 is 0 Å². The molecule has 0 atom stereocenters. The summed E-state index contributed by atoms with van der Waals surface area (Å²) < 4.78 is 5.06. The van der Waals surface area contributed by atoms with Crippen LogP contribution in [-0.4, -0.2) is 23.6 Å². The van der Waals surface area contributed by atoms with Crippen molar-refractivity contribution >= 4 is 17.4 Å². The number of nitrogen functional groups attached to an aromatic ring is 1. The minimum absolute atomic E-state index is 0.398. The molecule has 0 spiro atoms. The summed E-state index contributed by atoms with van der Waals surface area (Å²) in [6.45, 7) is 4.55. The normalized spacial score (nSPS) is 10.0. The van der Waals surface area contributed by atoms with Crippen molar-refractivity contribution in [2.24, 2.45) is 0 Å². The molecule has 0 radical (unpaired) electrons. The molecule has 0 aliphatic rings. The molecule has 0 bridgehead atoms. The van der Waals surface area contributed by atoms with Gasteiger partial charge in [0, 0.05) is 18.1 Å². The van der Waals surface area contributed by atoms with Crippen molar-refractivity contribution in [2.45, 2.75) is 6.54 Å². The van der Waals surface area contributed by atoms with Crippen molar-refractivity contribution in [1.29, 1.82) is 0 Å². The fourth-order valence-electron chi connectivity index (χ4n) is 1.07. The first kappa shape index (κ1) is 11.7. The number of hydrogen-bond acceptors (Lipinski definition) is 5. The minimum Gasteiger partial charge on any atom is -0.481 e. The van der Waals surface area contributed by atoms with Crippen LogP contribution in [0.4, 0.5) is 5.82 Å². The Morgan fingerprint density at radius 2 is 2.40 bits per heavy atom. The van der Waals surface area contributed by atoms with Gasteiger partial charge in [-0.1, -0.05) is 18.2 Å². The highest BCUT2D eigenvalue weighted by Gasteiger charge is 2.08. The lowest BCUT2D eigenvalue weighted by molar-refractivity contribution is 0.390. The van der Waals surface area contributed by atoms with E-state index in [1.54, 1.807) is 0 Å². The third-order valence-electron chi connectivity index (χ3n) is 1.75. The fraction of sp³-hybridized carbons (Fsp3) is 0.333. The Balaban J connectivity index is 2.70. The van der Waals surface area contributed by atoms with Crippen molar-refractivity contribution in [3.63, 3.8) is 0 Å². The molecule has 1 aromatic heterocycles. The first-order chi connectivity index (χ1) is 7.15. The zero-order valence-electron chi connectivity index (χ0n) is 8.46. The van der Waals surface area contributed by atoms with Crippen molar-refractivity contribution < 1.29 is 4.74 Å². The number of halogens is 1. The van der Waals surface area contributed by atoms with Gasteiger partial charge in [-0.3, -0.25) is 0 Å². The van der Waals surface area contributed by atoms with E-state index in [1.807, 2.05) is 0 Å². The lowest BCUT2D eigenvalue weighted by Crippen LogP contribution is -2.17. The molecule has 0 aliphatic carbocycles. The molecule has 0 fully saturated rings. The maximum absolute atomic E-state index is 5.69. The maximum atomic E-state index is 5.69. The zero-order valence-corrected chi connectivity index (χ0v) is 9.21. The van der Waals surface area contributed by atoms with Gasteiger partial charge in [-0.15, -0.1) is 0 Å². The summed E-state index contributed by atoms with van der Waals surface area (Å²) in [6, 6.07) is 0. The molecule has 0 aliphatic heterocycles. The molecule has 0 amide bonds. The summed E-state index contributed by atoms with van der Waals surface area (Å²) in [7, 11) is 1.53. The van der Waals surface area contributed by atoms with Gasteiger partial charge in [0.15, 0.2) is 0 Å². The summed E-state index contributed by atoms with van der Waals surface area (Å²) in [5.41, 5.74) is 6.41. The minimum atomic E-state index is 0.398. The number of anilines is 1. The Bertz CT molecular complexity index is 356. The van der Waals surface area contributed by atoms with Crippen LogP contribution >= 0.6 is 11.6 Å². The van der Waals surface area contributed by atoms with E-state index in [0.717, 1.165) is 5.56 Å². The van der Waals surface area contributed by atoms with Gasteiger partial charge in [0.2, 0.25) is 5.88 Å². The predicted octanol–water partition coefficient (Wildman–Crippen LogP) is 0.909. The van der Waals surface area contributed by atoms with Crippen LogP contribution in [0.1, 0.15) is 5.56 Å². The van der Waals surface area contributed by atoms with E-state index >= 15 is 0 Å². The van der Waals surface area contributed by atoms with Crippen LogP contribution in [-0.2, 0) is 6.54 Å². The van der Waals surface area contributed by atoms with Crippen LogP contribution in [0.5, 0.6) is 5.88 Å². The highest BCUT2D eigenvalue weighted by molar-refractivity contribution is 6.29. The Hall–Kier alpha value is -1.33. The van der Waals surface area contributed by atoms with E-state index in [0.29, 0.717) is 29.8 Å². The number of methoxy groups -OCH3 is 1. The molecule has 15 heavy (non-hydrogen) atoms. The highest BCUT2D eigenvalue weighted by atomic mass is 35.5. The molecule has 1 heterocycles. The van der Waals surface area contributed by atoms with Crippen LogP contribution < -0.4 is 15.8 Å². The lowest BCUT2D eigenvalue weighted by Gasteiger charge is -2.09. The van der Waals surface area contributed by atoms with E-state index in [1.165, 1.54) is 13.4 Å². The number of rotatable bonds is 5. The van der Waals surface area contributed by atoms with E-state index in [4.69, 9.17) is 22.1 Å². The van der Waals surface area contributed by atoms with E-state index in [-0.39, 0.29) is 0 Å². The average Bonchev–Trinajstić information content (AvgIpc) is 2.20. The third-order valence-corrected chi connectivity index (χ3v) is 1.88. The smallest absolute Gasteiger partial charge is 0.222 e. The largest absolute Gasteiger partial charge is 0.481 e. The average molecular weight is 229 g/mol. The molecule has 0 aromatic carbocycles. The van der Waals surface area contributed by atoms with Gasteiger partial charge in [0.05, 0.1) is 12.7 Å². The van der Waals surface area contributed by atoms with Gasteiger partial charge in [-0.05, 0) is 0 Å². The van der Waals surface area contributed by atoms with Gasteiger partial charge in [0.1, 0.15) is 12.1 Å². The highest BCUT2D eigenvalue weighted by Crippen LogP contribution is 2.18. The second kappa shape index (κ2) is 5.53. The van der Waals surface area contributed by atoms with Gasteiger partial charge in [-0.25, -0.2) is 9.97 Å². The van der Waals surface area contributed by atoms with Crippen molar-refractivity contribution in [1.82, 2.24) is 15.3 Å². The summed E-state index contributed by atoms with van der Waals surface area (Å²) in [5, 5.41) is 3.58. The lowest BCUT2D eigenvalue weighted by atomic mass is 10.3. The standard InChI is InChI=1S/C9H13ClN4O/c1-6(10)3-12-4-7-8(11)13-5-14-9(7)15-2/h5,12H,1,3-4H2,2H3,(H2,11,13,14). The number of nitrogens with two attached hydrogens (primary N) is 1. The summed E-state index contributed by atoms with van der Waals surface area (Å²) >= 11 is 5.61. The molecular weight excluding hydrogens is 216 g/mol. The molecule has 1 aromatic rings. The topological polar surface area (TPSA) is 73.1 Å². The summed E-state index contributed by atoms with van der Waals surface area (Å²) in [6.07, 6.45) is 1.36. The monoisotopic (exact) mass is 228 g/mol. The number of nitrogens with zero attached hydrogens (tertiary/aromatic N) is 2. The molecule has 0 saturated heterocycles. The van der Waals surface area contributed by atoms with Crippen LogP contribution in [0, 0.1) is 0 Å². The van der Waals surface area contributed by atoms with Gasteiger partial charge >= 0.3 is 0 Å². The molecular formula is C9H13ClN4O. The SMILES string of the molecule is C=C(Cl)CNCc1c(N)ncnc1OC. The molecule has 5 nitrogen and oxygen atoms in total. The molecule has 82 valence electrons.